The summed E-state index contributed by atoms with van der Waals surface area (Å²) < 4.78 is 0. The summed E-state index contributed by atoms with van der Waals surface area (Å²) in [5.74, 6) is 0.723. The lowest BCUT2D eigenvalue weighted by Gasteiger charge is -2.44. The Morgan fingerprint density at radius 3 is 2.85 bits per heavy atom. The standard InChI is InChI=1S/C23H32N2O/c1-18-6-5-8-20-7-3-4-10-23(20)11-9-19(16-21(18)23)22(26)17-25-14-12-24(2)13-15-25/h5-6,8-9,16,18H,3-4,7,10-15,17H2,1-2H3. The molecule has 0 aromatic carbocycles. The monoisotopic (exact) mass is 352 g/mol. The molecule has 0 bridgehead atoms. The van der Waals surface area contributed by atoms with Crippen molar-refractivity contribution in [1.29, 1.82) is 0 Å². The maximum atomic E-state index is 13.0. The number of Topliss-reactive ketones (excluding diaryl/α,β-unsaturated/α-hetero) is 1. The van der Waals surface area contributed by atoms with Gasteiger partial charge in [0.05, 0.1) is 6.54 Å². The third kappa shape index (κ3) is 3.27. The Morgan fingerprint density at radius 2 is 2.04 bits per heavy atom. The van der Waals surface area contributed by atoms with Crippen molar-refractivity contribution in [2.45, 2.75) is 39.0 Å². The lowest BCUT2D eigenvalue weighted by atomic mass is 9.59. The molecule has 0 amide bonds. The van der Waals surface area contributed by atoms with Gasteiger partial charge < -0.3 is 4.90 Å². The fourth-order valence-electron chi connectivity index (χ4n) is 5.22. The predicted molar refractivity (Wildman–Crippen MR) is 107 cm³/mol. The van der Waals surface area contributed by atoms with Crippen LogP contribution in [0.1, 0.15) is 39.0 Å². The van der Waals surface area contributed by atoms with E-state index < -0.39 is 0 Å². The summed E-state index contributed by atoms with van der Waals surface area (Å²) in [7, 11) is 2.16. The highest BCUT2D eigenvalue weighted by Gasteiger charge is 2.42. The number of rotatable bonds is 3. The summed E-state index contributed by atoms with van der Waals surface area (Å²) in [6, 6.07) is 0. The molecular formula is C23H32N2O. The lowest BCUT2D eigenvalue weighted by molar-refractivity contribution is -0.116. The van der Waals surface area contributed by atoms with Crippen molar-refractivity contribution in [2.24, 2.45) is 11.3 Å². The third-order valence-electron chi connectivity index (χ3n) is 6.92. The molecule has 0 aromatic heterocycles. The molecular weight excluding hydrogens is 320 g/mol. The van der Waals surface area contributed by atoms with Gasteiger partial charge in [0.25, 0.3) is 0 Å². The number of ketones is 1. The van der Waals surface area contributed by atoms with Crippen LogP contribution in [0.4, 0.5) is 0 Å². The minimum Gasteiger partial charge on any atom is -0.304 e. The van der Waals surface area contributed by atoms with Gasteiger partial charge in [-0.1, -0.05) is 54.9 Å². The molecule has 0 radical (unpaired) electrons. The maximum absolute atomic E-state index is 13.0. The van der Waals surface area contributed by atoms with Crippen molar-refractivity contribution < 1.29 is 4.79 Å². The van der Waals surface area contributed by atoms with Gasteiger partial charge in [0.2, 0.25) is 0 Å². The Hall–Kier alpha value is -1.45. The molecule has 1 heterocycles. The molecule has 1 saturated carbocycles. The van der Waals surface area contributed by atoms with E-state index in [-0.39, 0.29) is 5.41 Å². The van der Waals surface area contributed by atoms with Crippen molar-refractivity contribution in [3.63, 3.8) is 0 Å². The molecule has 0 aromatic rings. The van der Waals surface area contributed by atoms with Gasteiger partial charge in [-0.05, 0) is 38.6 Å². The number of carbonyl (C=O) groups is 1. The third-order valence-corrected chi connectivity index (χ3v) is 6.92. The molecule has 3 nitrogen and oxygen atoms in total. The zero-order valence-corrected chi connectivity index (χ0v) is 16.3. The summed E-state index contributed by atoms with van der Waals surface area (Å²) in [5, 5.41) is 0. The first-order chi connectivity index (χ1) is 12.6. The van der Waals surface area contributed by atoms with E-state index in [0.29, 0.717) is 18.2 Å². The minimum atomic E-state index is 0.193. The topological polar surface area (TPSA) is 23.6 Å². The van der Waals surface area contributed by atoms with E-state index in [1.807, 2.05) is 0 Å². The van der Waals surface area contributed by atoms with Gasteiger partial charge in [-0.25, -0.2) is 0 Å². The Kier molecular flexibility index (Phi) is 5.02. The van der Waals surface area contributed by atoms with Gasteiger partial charge >= 0.3 is 0 Å². The van der Waals surface area contributed by atoms with Crippen LogP contribution < -0.4 is 0 Å². The molecule has 3 heteroatoms. The van der Waals surface area contributed by atoms with Crippen LogP contribution in [0.25, 0.3) is 0 Å². The van der Waals surface area contributed by atoms with Gasteiger partial charge in [-0.15, -0.1) is 0 Å². The van der Waals surface area contributed by atoms with Crippen molar-refractivity contribution >= 4 is 5.78 Å². The Morgan fingerprint density at radius 1 is 1.23 bits per heavy atom. The smallest absolute Gasteiger partial charge is 0.176 e. The van der Waals surface area contributed by atoms with E-state index in [1.54, 1.807) is 5.57 Å². The molecule has 2 fully saturated rings. The number of carbonyl (C=O) groups excluding carboxylic acids is 1. The van der Waals surface area contributed by atoms with Crippen LogP contribution in [-0.2, 0) is 4.79 Å². The van der Waals surface area contributed by atoms with Crippen LogP contribution in [0, 0.1) is 11.3 Å². The van der Waals surface area contributed by atoms with E-state index in [9.17, 15) is 4.79 Å². The fourth-order valence-corrected chi connectivity index (χ4v) is 5.22. The Labute approximate surface area is 158 Å². The van der Waals surface area contributed by atoms with Crippen LogP contribution in [0.5, 0.6) is 0 Å². The normalized spacial score (nSPS) is 32.7. The van der Waals surface area contributed by atoms with Gasteiger partial charge in [-0.2, -0.15) is 0 Å². The van der Waals surface area contributed by atoms with Crippen molar-refractivity contribution in [1.82, 2.24) is 9.80 Å². The molecule has 140 valence electrons. The van der Waals surface area contributed by atoms with Crippen molar-refractivity contribution in [3.05, 3.63) is 47.1 Å². The van der Waals surface area contributed by atoms with Crippen LogP contribution in [-0.4, -0.2) is 55.4 Å². The second-order valence-corrected chi connectivity index (χ2v) is 8.62. The number of hydrogen-bond acceptors (Lipinski definition) is 3. The van der Waals surface area contributed by atoms with E-state index in [0.717, 1.165) is 38.2 Å². The molecule has 4 aliphatic rings. The van der Waals surface area contributed by atoms with Crippen LogP contribution in [0.2, 0.25) is 0 Å². The molecule has 3 aliphatic carbocycles. The predicted octanol–water partition coefficient (Wildman–Crippen LogP) is 3.75. The first-order valence-electron chi connectivity index (χ1n) is 10.3. The number of nitrogens with zero attached hydrogens (tertiary/aromatic N) is 2. The van der Waals surface area contributed by atoms with Crippen molar-refractivity contribution in [3.8, 4) is 0 Å². The first kappa shape index (κ1) is 17.9. The highest BCUT2D eigenvalue weighted by Crippen LogP contribution is 2.54. The maximum Gasteiger partial charge on any atom is 0.176 e. The van der Waals surface area contributed by atoms with Crippen molar-refractivity contribution in [2.75, 3.05) is 39.8 Å². The lowest BCUT2D eigenvalue weighted by Crippen LogP contribution is -2.46. The highest BCUT2D eigenvalue weighted by molar-refractivity contribution is 6.00. The number of likely N-dealkylation sites (N-methyl/N-ethyl adjacent to an activating group) is 1. The van der Waals surface area contributed by atoms with Crippen LogP contribution >= 0.6 is 0 Å². The first-order valence-corrected chi connectivity index (χ1v) is 10.3. The van der Waals surface area contributed by atoms with E-state index in [4.69, 9.17) is 0 Å². The molecule has 1 aliphatic heterocycles. The van der Waals surface area contributed by atoms with Gasteiger partial charge in [0.15, 0.2) is 5.78 Å². The number of allylic oxidation sites excluding steroid dienone is 7. The van der Waals surface area contributed by atoms with Crippen LogP contribution in [0.15, 0.2) is 47.1 Å². The second-order valence-electron chi connectivity index (χ2n) is 8.62. The van der Waals surface area contributed by atoms with E-state index in [1.165, 1.54) is 31.3 Å². The molecule has 2 atom stereocenters. The second kappa shape index (κ2) is 7.28. The Bertz CT molecular complexity index is 691. The molecule has 4 rings (SSSR count). The average Bonchev–Trinajstić information content (AvgIpc) is 2.79. The largest absolute Gasteiger partial charge is 0.304 e. The summed E-state index contributed by atoms with van der Waals surface area (Å²) in [4.78, 5) is 17.6. The Balaban J connectivity index is 1.54. The molecule has 0 N–H and O–H groups in total. The molecule has 26 heavy (non-hydrogen) atoms. The summed E-state index contributed by atoms with van der Waals surface area (Å²) in [6.45, 7) is 7.00. The summed E-state index contributed by atoms with van der Waals surface area (Å²) in [6.07, 6.45) is 17.5. The molecule has 1 spiro atoms. The summed E-state index contributed by atoms with van der Waals surface area (Å²) >= 11 is 0. The summed E-state index contributed by atoms with van der Waals surface area (Å²) in [5.41, 5.74) is 4.23. The van der Waals surface area contributed by atoms with Gasteiger partial charge in [-0.3, -0.25) is 9.69 Å². The van der Waals surface area contributed by atoms with E-state index in [2.05, 4.69) is 54.2 Å². The zero-order chi connectivity index (χ0) is 18.1. The molecule has 1 saturated heterocycles. The number of hydrogen-bond donors (Lipinski definition) is 0. The highest BCUT2D eigenvalue weighted by atomic mass is 16.1. The van der Waals surface area contributed by atoms with Crippen LogP contribution in [0.3, 0.4) is 0 Å². The number of piperazine rings is 1. The fraction of sp³-hybridized carbons (Fsp3) is 0.609. The van der Waals surface area contributed by atoms with Gasteiger partial charge in [0, 0.05) is 37.2 Å². The average molecular weight is 353 g/mol. The SMILES string of the molecule is CC1C=CC=C2CCCCC23CC=C(C(=O)CN2CCN(C)CC2)C=C13. The van der Waals surface area contributed by atoms with E-state index >= 15 is 0 Å². The van der Waals surface area contributed by atoms with Gasteiger partial charge in [0.1, 0.15) is 0 Å². The zero-order valence-electron chi connectivity index (χ0n) is 16.3. The molecule has 2 unspecified atom stereocenters. The quantitative estimate of drug-likeness (QED) is 0.773. The minimum absolute atomic E-state index is 0.193.